The van der Waals surface area contributed by atoms with Crippen LogP contribution >= 0.6 is 0 Å². The first-order valence-corrected chi connectivity index (χ1v) is 11.0. The highest BCUT2D eigenvalue weighted by Crippen LogP contribution is 2.22. The normalized spacial score (nSPS) is 16.8. The number of benzene rings is 1. The van der Waals surface area contributed by atoms with Gasteiger partial charge in [-0.25, -0.2) is 9.78 Å². The molecule has 0 saturated carbocycles. The molecule has 0 atom stereocenters. The van der Waals surface area contributed by atoms with Crippen molar-refractivity contribution in [2.75, 3.05) is 24.5 Å². The summed E-state index contributed by atoms with van der Waals surface area (Å²) < 4.78 is 5.53. The summed E-state index contributed by atoms with van der Waals surface area (Å²) in [6.07, 6.45) is 7.00. The Morgan fingerprint density at radius 3 is 2.45 bits per heavy atom. The Kier molecular flexibility index (Phi) is 5.94. The van der Waals surface area contributed by atoms with Gasteiger partial charge in [-0.15, -0.1) is 0 Å². The van der Waals surface area contributed by atoms with Crippen LogP contribution in [0.3, 0.4) is 0 Å². The molecule has 31 heavy (non-hydrogen) atoms. The third-order valence-electron chi connectivity index (χ3n) is 5.65. The largest absolute Gasteiger partial charge is 0.444 e. The summed E-state index contributed by atoms with van der Waals surface area (Å²) in [6.45, 7) is 7.72. The number of rotatable bonds is 3. The molecule has 0 spiro atoms. The molecular weight excluding hydrogens is 392 g/mol. The maximum Gasteiger partial charge on any atom is 0.410 e. The summed E-state index contributed by atoms with van der Waals surface area (Å²) in [7, 11) is 0. The maximum atomic E-state index is 12.4. The molecule has 2 aliphatic heterocycles. The molecule has 0 unspecified atom stereocenters. The molecular formula is C24H30N4O3. The van der Waals surface area contributed by atoms with Gasteiger partial charge in [-0.3, -0.25) is 14.7 Å². The lowest BCUT2D eigenvalue weighted by molar-refractivity contribution is -0.117. The summed E-state index contributed by atoms with van der Waals surface area (Å²) in [4.78, 5) is 36.8. The van der Waals surface area contributed by atoms with E-state index in [1.807, 2.05) is 20.8 Å². The van der Waals surface area contributed by atoms with Crippen molar-refractivity contribution in [1.29, 1.82) is 0 Å². The Morgan fingerprint density at radius 2 is 1.81 bits per heavy atom. The van der Waals surface area contributed by atoms with Crippen LogP contribution < -0.4 is 4.90 Å². The van der Waals surface area contributed by atoms with Gasteiger partial charge in [0.15, 0.2) is 5.82 Å². The average Bonchev–Trinajstić information content (AvgIpc) is 3.02. The lowest BCUT2D eigenvalue weighted by Gasteiger charge is -2.26. The molecule has 4 rings (SSSR count). The summed E-state index contributed by atoms with van der Waals surface area (Å²) in [5, 5.41) is 0. The first kappa shape index (κ1) is 21.3. The predicted molar refractivity (Wildman–Crippen MR) is 118 cm³/mol. The Morgan fingerprint density at radius 1 is 1.03 bits per heavy atom. The minimum atomic E-state index is -0.484. The molecule has 1 aromatic heterocycles. The molecule has 2 amide bonds. The number of anilines is 1. The molecule has 2 aliphatic rings. The Bertz CT molecular complexity index is 966. The average molecular weight is 423 g/mol. The highest BCUT2D eigenvalue weighted by atomic mass is 16.6. The molecule has 1 saturated heterocycles. The van der Waals surface area contributed by atoms with Gasteiger partial charge in [-0.1, -0.05) is 18.2 Å². The summed E-state index contributed by atoms with van der Waals surface area (Å²) in [5.41, 5.74) is 4.12. The SMILES string of the molecule is CC(C)(C)OC(=O)N1CCc2ccc(Cc3cnc(N4CCCC4=O)cn3)cc2CC1. The van der Waals surface area contributed by atoms with E-state index in [-0.39, 0.29) is 12.0 Å². The zero-order valence-corrected chi connectivity index (χ0v) is 18.6. The van der Waals surface area contributed by atoms with E-state index in [0.717, 1.165) is 31.5 Å². The molecule has 0 bridgehead atoms. The van der Waals surface area contributed by atoms with Gasteiger partial charge in [0.05, 0.1) is 18.1 Å². The molecule has 164 valence electrons. The van der Waals surface area contributed by atoms with Gasteiger partial charge >= 0.3 is 6.09 Å². The lowest BCUT2D eigenvalue weighted by atomic mass is 9.98. The molecule has 3 heterocycles. The summed E-state index contributed by atoms with van der Waals surface area (Å²) in [6, 6.07) is 6.50. The lowest BCUT2D eigenvalue weighted by Crippen LogP contribution is -2.38. The number of nitrogens with zero attached hydrogens (tertiary/aromatic N) is 4. The molecule has 1 fully saturated rings. The third-order valence-corrected chi connectivity index (χ3v) is 5.65. The Hall–Kier alpha value is -2.96. The summed E-state index contributed by atoms with van der Waals surface area (Å²) in [5.74, 6) is 0.753. The number of carbonyl (C=O) groups excluding carboxylic acids is 2. The van der Waals surface area contributed by atoms with Crippen LogP contribution in [0.1, 0.15) is 56.0 Å². The van der Waals surface area contributed by atoms with Gasteiger partial charge in [0, 0.05) is 32.5 Å². The minimum absolute atomic E-state index is 0.119. The van der Waals surface area contributed by atoms with Gasteiger partial charge in [0.25, 0.3) is 0 Å². The van der Waals surface area contributed by atoms with Crippen LogP contribution in [0.15, 0.2) is 30.6 Å². The van der Waals surface area contributed by atoms with E-state index in [1.165, 1.54) is 16.7 Å². The van der Waals surface area contributed by atoms with Crippen molar-refractivity contribution in [2.24, 2.45) is 0 Å². The quantitative estimate of drug-likeness (QED) is 0.756. The second-order valence-corrected chi connectivity index (χ2v) is 9.26. The number of amides is 2. The third kappa shape index (κ3) is 5.21. The number of hydrogen-bond donors (Lipinski definition) is 0. The highest BCUT2D eigenvalue weighted by molar-refractivity contribution is 5.94. The van der Waals surface area contributed by atoms with E-state index < -0.39 is 5.60 Å². The van der Waals surface area contributed by atoms with E-state index in [0.29, 0.717) is 31.7 Å². The molecule has 0 aliphatic carbocycles. The van der Waals surface area contributed by atoms with E-state index in [9.17, 15) is 9.59 Å². The second kappa shape index (κ2) is 8.65. The highest BCUT2D eigenvalue weighted by Gasteiger charge is 2.25. The van der Waals surface area contributed by atoms with Gasteiger partial charge in [0.1, 0.15) is 5.60 Å². The molecule has 7 nitrogen and oxygen atoms in total. The van der Waals surface area contributed by atoms with Crippen molar-refractivity contribution in [3.8, 4) is 0 Å². The molecule has 1 aromatic carbocycles. The molecule has 7 heteroatoms. The van der Waals surface area contributed by atoms with Crippen molar-refractivity contribution in [3.05, 3.63) is 53.0 Å². The van der Waals surface area contributed by atoms with Gasteiger partial charge in [-0.05, 0) is 56.7 Å². The standard InChI is InChI=1S/C24H30N4O3/c1-24(2,3)31-23(30)27-11-8-18-7-6-17(13-19(18)9-12-27)14-20-15-26-21(16-25-20)28-10-4-5-22(28)29/h6-7,13,15-16H,4-5,8-12,14H2,1-3H3. The molecule has 0 radical (unpaired) electrons. The Balaban J connectivity index is 1.40. The zero-order chi connectivity index (χ0) is 22.0. The monoisotopic (exact) mass is 422 g/mol. The van der Waals surface area contributed by atoms with Crippen LogP contribution in [-0.2, 0) is 28.8 Å². The number of carbonyl (C=O) groups is 2. The number of ether oxygens (including phenoxy) is 1. The smallest absolute Gasteiger partial charge is 0.410 e. The molecule has 0 N–H and O–H groups in total. The van der Waals surface area contributed by atoms with E-state index in [1.54, 1.807) is 22.2 Å². The predicted octanol–water partition coefficient (Wildman–Crippen LogP) is 3.53. The van der Waals surface area contributed by atoms with Crippen LogP contribution in [0.4, 0.5) is 10.6 Å². The fraction of sp³-hybridized carbons (Fsp3) is 0.500. The number of hydrogen-bond acceptors (Lipinski definition) is 5. The zero-order valence-electron chi connectivity index (χ0n) is 18.6. The van der Waals surface area contributed by atoms with Crippen molar-refractivity contribution < 1.29 is 14.3 Å². The van der Waals surface area contributed by atoms with Crippen LogP contribution in [0.5, 0.6) is 0 Å². The fourth-order valence-corrected chi connectivity index (χ4v) is 4.08. The number of aromatic nitrogens is 2. The Labute approximate surface area is 183 Å². The minimum Gasteiger partial charge on any atom is -0.444 e. The van der Waals surface area contributed by atoms with Gasteiger partial charge < -0.3 is 9.64 Å². The first-order chi connectivity index (χ1) is 14.8. The van der Waals surface area contributed by atoms with E-state index in [2.05, 4.69) is 28.2 Å². The van der Waals surface area contributed by atoms with Crippen molar-refractivity contribution >= 4 is 17.8 Å². The summed E-state index contributed by atoms with van der Waals surface area (Å²) >= 11 is 0. The van der Waals surface area contributed by atoms with Gasteiger partial charge in [-0.2, -0.15) is 0 Å². The first-order valence-electron chi connectivity index (χ1n) is 11.0. The topological polar surface area (TPSA) is 75.6 Å². The maximum absolute atomic E-state index is 12.4. The number of fused-ring (bicyclic) bond motifs is 1. The van der Waals surface area contributed by atoms with Crippen LogP contribution in [0.25, 0.3) is 0 Å². The van der Waals surface area contributed by atoms with Crippen LogP contribution in [0.2, 0.25) is 0 Å². The van der Waals surface area contributed by atoms with Crippen LogP contribution in [-0.4, -0.2) is 52.1 Å². The van der Waals surface area contributed by atoms with Crippen molar-refractivity contribution in [3.63, 3.8) is 0 Å². The van der Waals surface area contributed by atoms with Crippen molar-refractivity contribution in [1.82, 2.24) is 14.9 Å². The molecule has 2 aromatic rings. The van der Waals surface area contributed by atoms with Crippen LogP contribution in [0, 0.1) is 0 Å². The second-order valence-electron chi connectivity index (χ2n) is 9.26. The van der Waals surface area contributed by atoms with Crippen molar-refractivity contribution in [2.45, 2.75) is 58.5 Å². The van der Waals surface area contributed by atoms with E-state index in [4.69, 9.17) is 4.74 Å². The fourth-order valence-electron chi connectivity index (χ4n) is 4.08. The van der Waals surface area contributed by atoms with E-state index >= 15 is 0 Å². The van der Waals surface area contributed by atoms with Gasteiger partial charge in [0.2, 0.25) is 5.91 Å².